The third kappa shape index (κ3) is 5.60. The molecule has 2 aliphatic rings. The predicted octanol–water partition coefficient (Wildman–Crippen LogP) is 5.86. The van der Waals surface area contributed by atoms with Gasteiger partial charge in [-0.2, -0.15) is 13.2 Å². The molecule has 2 fully saturated rings. The number of alkyl halides is 3. The van der Waals surface area contributed by atoms with E-state index in [1.54, 1.807) is 6.07 Å². The summed E-state index contributed by atoms with van der Waals surface area (Å²) in [5.41, 5.74) is 7.75. The van der Waals surface area contributed by atoms with Crippen LogP contribution in [-0.2, 0) is 6.42 Å². The minimum Gasteiger partial charge on any atom is -0.328 e. The Bertz CT molecular complexity index is 988. The van der Waals surface area contributed by atoms with E-state index in [2.05, 4.69) is 9.97 Å². The molecule has 0 aromatic carbocycles. The van der Waals surface area contributed by atoms with Gasteiger partial charge in [0.25, 0.3) is 0 Å². The molecule has 8 heteroatoms. The van der Waals surface area contributed by atoms with Crippen LogP contribution in [0.3, 0.4) is 0 Å². The molecular formula is C25H29F4N3O. The molecule has 0 radical (unpaired) electrons. The number of ketones is 1. The zero-order chi connectivity index (χ0) is 23.6. The summed E-state index contributed by atoms with van der Waals surface area (Å²) < 4.78 is 54.6. The number of carbonyl (C=O) groups is 1. The number of pyridine rings is 2. The molecule has 0 saturated heterocycles. The summed E-state index contributed by atoms with van der Waals surface area (Å²) in [6, 6.07) is 3.81. The van der Waals surface area contributed by atoms with E-state index in [1.807, 2.05) is 0 Å². The van der Waals surface area contributed by atoms with Crippen molar-refractivity contribution in [1.29, 1.82) is 0 Å². The lowest BCUT2D eigenvalue weighted by Crippen LogP contribution is -2.38. The summed E-state index contributed by atoms with van der Waals surface area (Å²) in [7, 11) is 0. The third-order valence-electron chi connectivity index (χ3n) is 7.09. The Hall–Kier alpha value is -2.35. The van der Waals surface area contributed by atoms with Crippen molar-refractivity contribution < 1.29 is 22.4 Å². The van der Waals surface area contributed by atoms with Gasteiger partial charge >= 0.3 is 6.18 Å². The van der Waals surface area contributed by atoms with E-state index in [1.165, 1.54) is 24.5 Å². The summed E-state index contributed by atoms with van der Waals surface area (Å²) >= 11 is 0. The van der Waals surface area contributed by atoms with E-state index in [0.717, 1.165) is 32.1 Å². The first kappa shape index (κ1) is 23.8. The quantitative estimate of drug-likeness (QED) is 0.445. The van der Waals surface area contributed by atoms with Gasteiger partial charge in [0.05, 0.1) is 11.6 Å². The van der Waals surface area contributed by atoms with E-state index in [9.17, 15) is 22.4 Å². The Morgan fingerprint density at radius 1 is 1.03 bits per heavy atom. The van der Waals surface area contributed by atoms with Gasteiger partial charge in [0.15, 0.2) is 5.78 Å². The van der Waals surface area contributed by atoms with Crippen LogP contribution in [0.1, 0.15) is 90.5 Å². The van der Waals surface area contributed by atoms with Gasteiger partial charge in [-0.25, -0.2) is 9.37 Å². The van der Waals surface area contributed by atoms with Crippen LogP contribution in [-0.4, -0.2) is 28.0 Å². The fourth-order valence-corrected chi connectivity index (χ4v) is 5.41. The monoisotopic (exact) mass is 463 g/mol. The normalized spacial score (nSPS) is 24.6. The Morgan fingerprint density at radius 2 is 1.79 bits per heavy atom. The Balaban J connectivity index is 1.55. The minimum atomic E-state index is -4.30. The highest BCUT2D eigenvalue weighted by Crippen LogP contribution is 2.44. The van der Waals surface area contributed by atoms with Crippen molar-refractivity contribution in [3.05, 3.63) is 58.9 Å². The van der Waals surface area contributed by atoms with E-state index in [0.29, 0.717) is 23.2 Å². The Labute approximate surface area is 191 Å². The third-order valence-corrected chi connectivity index (χ3v) is 7.09. The highest BCUT2D eigenvalue weighted by molar-refractivity contribution is 5.96. The van der Waals surface area contributed by atoms with E-state index in [4.69, 9.17) is 5.73 Å². The number of carbonyl (C=O) groups excluding carboxylic acids is 1. The zero-order valence-corrected chi connectivity index (χ0v) is 18.5. The summed E-state index contributed by atoms with van der Waals surface area (Å²) in [5.74, 6) is -2.53. The summed E-state index contributed by atoms with van der Waals surface area (Å²) in [5, 5.41) is 0. The van der Waals surface area contributed by atoms with Crippen molar-refractivity contribution in [2.24, 2.45) is 11.7 Å². The van der Waals surface area contributed by atoms with Gasteiger partial charge in [-0.15, -0.1) is 0 Å². The first-order valence-corrected chi connectivity index (χ1v) is 11.7. The topological polar surface area (TPSA) is 68.9 Å². The fourth-order valence-electron chi connectivity index (χ4n) is 5.41. The second-order valence-corrected chi connectivity index (χ2v) is 9.48. The van der Waals surface area contributed by atoms with Gasteiger partial charge in [-0.05, 0) is 67.3 Å². The zero-order valence-electron chi connectivity index (χ0n) is 18.5. The SMILES string of the molecule is N[C@@H]1C[C@H](c2ccncc2CC(=O)c2ccc(F)c(C3CCCCC3)n2)C[C@H](C(F)(F)F)C1. The Kier molecular flexibility index (Phi) is 7.12. The molecule has 3 atom stereocenters. The number of nitrogens with zero attached hydrogens (tertiary/aromatic N) is 2. The van der Waals surface area contributed by atoms with Crippen LogP contribution in [0.25, 0.3) is 0 Å². The number of hydrogen-bond acceptors (Lipinski definition) is 4. The molecular weight excluding hydrogens is 434 g/mol. The molecule has 2 saturated carbocycles. The van der Waals surface area contributed by atoms with Crippen molar-refractivity contribution in [2.75, 3.05) is 0 Å². The maximum absolute atomic E-state index is 14.4. The van der Waals surface area contributed by atoms with Crippen LogP contribution >= 0.6 is 0 Å². The number of nitrogens with two attached hydrogens (primary N) is 1. The molecule has 0 unspecified atom stereocenters. The van der Waals surface area contributed by atoms with E-state index < -0.39 is 29.9 Å². The van der Waals surface area contributed by atoms with Crippen molar-refractivity contribution in [3.8, 4) is 0 Å². The minimum absolute atomic E-state index is 0.0171. The first-order chi connectivity index (χ1) is 15.7. The fraction of sp³-hybridized carbons (Fsp3) is 0.560. The molecule has 0 aliphatic heterocycles. The molecule has 178 valence electrons. The first-order valence-electron chi connectivity index (χ1n) is 11.7. The average molecular weight is 464 g/mol. The molecule has 2 aromatic rings. The lowest BCUT2D eigenvalue weighted by atomic mass is 9.74. The summed E-state index contributed by atoms with van der Waals surface area (Å²) in [4.78, 5) is 21.5. The smallest absolute Gasteiger partial charge is 0.328 e. The average Bonchev–Trinajstić information content (AvgIpc) is 2.79. The predicted molar refractivity (Wildman–Crippen MR) is 116 cm³/mol. The van der Waals surface area contributed by atoms with Gasteiger partial charge in [0, 0.05) is 30.8 Å². The van der Waals surface area contributed by atoms with E-state index in [-0.39, 0.29) is 36.7 Å². The molecule has 2 N–H and O–H groups in total. The van der Waals surface area contributed by atoms with Crippen LogP contribution in [0.4, 0.5) is 17.6 Å². The molecule has 0 bridgehead atoms. The molecule has 4 nitrogen and oxygen atoms in total. The molecule has 2 aliphatic carbocycles. The molecule has 2 heterocycles. The summed E-state index contributed by atoms with van der Waals surface area (Å²) in [6.07, 6.45) is 3.89. The lowest BCUT2D eigenvalue weighted by Gasteiger charge is -2.35. The Morgan fingerprint density at radius 3 is 2.52 bits per heavy atom. The van der Waals surface area contributed by atoms with Crippen LogP contribution in [0.15, 0.2) is 30.6 Å². The van der Waals surface area contributed by atoms with Crippen molar-refractivity contribution in [2.45, 2.75) is 81.8 Å². The van der Waals surface area contributed by atoms with Crippen LogP contribution in [0, 0.1) is 11.7 Å². The van der Waals surface area contributed by atoms with Crippen LogP contribution in [0.2, 0.25) is 0 Å². The second kappa shape index (κ2) is 9.87. The number of rotatable bonds is 5. The van der Waals surface area contributed by atoms with Crippen LogP contribution in [0.5, 0.6) is 0 Å². The molecule has 0 spiro atoms. The molecule has 2 aromatic heterocycles. The van der Waals surface area contributed by atoms with Crippen molar-refractivity contribution in [3.63, 3.8) is 0 Å². The standard InChI is InChI=1S/C25H29F4N3O/c26-21-6-7-22(32-24(21)15-4-2-1-3-5-15)23(33)12-17-14-31-9-8-20(17)16-10-18(25(27,28)29)13-19(30)11-16/h6-9,14-16,18-19H,1-5,10-13,30H2/t16-,18+,19-/m1/s1. The number of Topliss-reactive ketones (excluding diaryl/α,β-unsaturated/α-hetero) is 1. The summed E-state index contributed by atoms with van der Waals surface area (Å²) in [6.45, 7) is 0. The van der Waals surface area contributed by atoms with Crippen LogP contribution < -0.4 is 5.73 Å². The second-order valence-electron chi connectivity index (χ2n) is 9.48. The van der Waals surface area contributed by atoms with Gasteiger partial charge in [0.2, 0.25) is 0 Å². The maximum Gasteiger partial charge on any atom is 0.391 e. The number of aromatic nitrogens is 2. The molecule has 0 amide bonds. The largest absolute Gasteiger partial charge is 0.391 e. The highest BCUT2D eigenvalue weighted by Gasteiger charge is 2.44. The highest BCUT2D eigenvalue weighted by atomic mass is 19.4. The van der Waals surface area contributed by atoms with Gasteiger partial charge in [-0.1, -0.05) is 19.3 Å². The van der Waals surface area contributed by atoms with Crippen molar-refractivity contribution in [1.82, 2.24) is 9.97 Å². The number of hydrogen-bond donors (Lipinski definition) is 1. The molecule has 33 heavy (non-hydrogen) atoms. The number of halogens is 4. The van der Waals surface area contributed by atoms with Crippen molar-refractivity contribution >= 4 is 5.78 Å². The van der Waals surface area contributed by atoms with Gasteiger partial charge < -0.3 is 5.73 Å². The van der Waals surface area contributed by atoms with E-state index >= 15 is 0 Å². The van der Waals surface area contributed by atoms with Gasteiger partial charge in [0.1, 0.15) is 11.5 Å². The maximum atomic E-state index is 14.4. The van der Waals surface area contributed by atoms with Gasteiger partial charge in [-0.3, -0.25) is 9.78 Å². The molecule has 4 rings (SSSR count). The lowest BCUT2D eigenvalue weighted by molar-refractivity contribution is -0.184.